The number of ether oxygens (including phenoxy) is 1. The van der Waals surface area contributed by atoms with E-state index in [1.807, 2.05) is 32.0 Å². The summed E-state index contributed by atoms with van der Waals surface area (Å²) in [7, 11) is 0. The van der Waals surface area contributed by atoms with Crippen molar-refractivity contribution in [2.24, 2.45) is 0 Å². The highest BCUT2D eigenvalue weighted by atomic mass is 35.5. The maximum absolute atomic E-state index is 12.1. The molecule has 3 aromatic rings. The number of aryl methyl sites for hydroxylation is 2. The lowest BCUT2D eigenvalue weighted by atomic mass is 10.2. The third-order valence-electron chi connectivity index (χ3n) is 3.63. The first-order valence-corrected chi connectivity index (χ1v) is 9.44. The van der Waals surface area contributed by atoms with Crippen molar-refractivity contribution in [3.05, 3.63) is 63.9 Å². The quantitative estimate of drug-likeness (QED) is 0.342. The van der Waals surface area contributed by atoms with Crippen molar-refractivity contribution >= 4 is 40.9 Å². The average Bonchev–Trinajstić information content (AvgIpc) is 3.06. The van der Waals surface area contributed by atoms with E-state index >= 15 is 0 Å². The third-order valence-corrected chi connectivity index (χ3v) is 5.19. The Morgan fingerprint density at radius 2 is 1.96 bits per heavy atom. The van der Waals surface area contributed by atoms with Crippen LogP contribution in [0.1, 0.15) is 11.1 Å². The van der Waals surface area contributed by atoms with Crippen LogP contribution in [0.4, 0.5) is 0 Å². The zero-order chi connectivity index (χ0) is 18.7. The molecule has 0 aliphatic rings. The SMILES string of the molecule is Cc1ccc(-n2cnnc2SCC(=O)Oc2ccc(Cl)cc2C)cc1Cl. The Morgan fingerprint density at radius 1 is 1.15 bits per heavy atom. The summed E-state index contributed by atoms with van der Waals surface area (Å²) in [5, 5.41) is 9.81. The molecule has 0 N–H and O–H groups in total. The number of esters is 1. The lowest BCUT2D eigenvalue weighted by Gasteiger charge is -2.09. The Hall–Kier alpha value is -2.02. The molecule has 0 aliphatic heterocycles. The van der Waals surface area contributed by atoms with Crippen molar-refractivity contribution in [1.29, 1.82) is 0 Å². The van der Waals surface area contributed by atoms with Crippen molar-refractivity contribution in [1.82, 2.24) is 14.8 Å². The number of hydrogen-bond donors (Lipinski definition) is 0. The normalized spacial score (nSPS) is 10.8. The largest absolute Gasteiger partial charge is 0.426 e. The molecule has 2 aromatic carbocycles. The fraction of sp³-hybridized carbons (Fsp3) is 0.167. The predicted molar refractivity (Wildman–Crippen MR) is 104 cm³/mol. The zero-order valence-corrected chi connectivity index (χ0v) is 16.4. The minimum atomic E-state index is -0.378. The van der Waals surface area contributed by atoms with E-state index in [-0.39, 0.29) is 11.7 Å². The van der Waals surface area contributed by atoms with Gasteiger partial charge in [-0.15, -0.1) is 10.2 Å². The molecule has 0 fully saturated rings. The van der Waals surface area contributed by atoms with E-state index in [4.69, 9.17) is 27.9 Å². The lowest BCUT2D eigenvalue weighted by molar-refractivity contribution is -0.131. The van der Waals surface area contributed by atoms with E-state index in [1.165, 1.54) is 11.8 Å². The van der Waals surface area contributed by atoms with Crippen LogP contribution in [-0.2, 0) is 4.79 Å². The van der Waals surface area contributed by atoms with Crippen LogP contribution in [0.5, 0.6) is 5.75 Å². The maximum Gasteiger partial charge on any atom is 0.321 e. The predicted octanol–water partition coefficient (Wildman–Crippen LogP) is 4.89. The molecule has 8 heteroatoms. The highest BCUT2D eigenvalue weighted by molar-refractivity contribution is 7.99. The van der Waals surface area contributed by atoms with E-state index < -0.39 is 0 Å². The van der Waals surface area contributed by atoms with Crippen LogP contribution in [0, 0.1) is 13.8 Å². The number of carbonyl (C=O) groups excluding carboxylic acids is 1. The lowest BCUT2D eigenvalue weighted by Crippen LogP contribution is -2.12. The van der Waals surface area contributed by atoms with Crippen molar-refractivity contribution < 1.29 is 9.53 Å². The van der Waals surface area contributed by atoms with E-state index in [0.717, 1.165) is 16.8 Å². The molecule has 26 heavy (non-hydrogen) atoms. The number of halogens is 2. The van der Waals surface area contributed by atoms with Gasteiger partial charge in [0.1, 0.15) is 12.1 Å². The highest BCUT2D eigenvalue weighted by Crippen LogP contribution is 2.25. The van der Waals surface area contributed by atoms with Crippen molar-refractivity contribution in [2.45, 2.75) is 19.0 Å². The van der Waals surface area contributed by atoms with Gasteiger partial charge in [-0.2, -0.15) is 0 Å². The van der Waals surface area contributed by atoms with Crippen LogP contribution < -0.4 is 4.74 Å². The summed E-state index contributed by atoms with van der Waals surface area (Å²) in [6.07, 6.45) is 1.58. The van der Waals surface area contributed by atoms with E-state index in [9.17, 15) is 4.79 Å². The Bertz CT molecular complexity index is 959. The van der Waals surface area contributed by atoms with Crippen LogP contribution in [0.3, 0.4) is 0 Å². The highest BCUT2D eigenvalue weighted by Gasteiger charge is 2.13. The van der Waals surface area contributed by atoms with Gasteiger partial charge in [0, 0.05) is 10.0 Å². The van der Waals surface area contributed by atoms with Crippen molar-refractivity contribution in [3.8, 4) is 11.4 Å². The number of aromatic nitrogens is 3. The molecular weight excluding hydrogens is 393 g/mol. The summed E-state index contributed by atoms with van der Waals surface area (Å²) in [5.74, 6) is 0.212. The van der Waals surface area contributed by atoms with E-state index in [0.29, 0.717) is 21.0 Å². The molecule has 5 nitrogen and oxygen atoms in total. The fourth-order valence-corrected chi connectivity index (χ4v) is 3.34. The number of hydrogen-bond acceptors (Lipinski definition) is 5. The van der Waals surface area contributed by atoms with Gasteiger partial charge >= 0.3 is 5.97 Å². The van der Waals surface area contributed by atoms with Gasteiger partial charge in [-0.1, -0.05) is 41.0 Å². The van der Waals surface area contributed by atoms with Gasteiger partial charge in [0.25, 0.3) is 0 Å². The second-order valence-electron chi connectivity index (χ2n) is 5.59. The van der Waals surface area contributed by atoms with Crippen molar-refractivity contribution in [2.75, 3.05) is 5.75 Å². The Kier molecular flexibility index (Phi) is 5.86. The monoisotopic (exact) mass is 407 g/mol. The Labute approximate surface area is 165 Å². The summed E-state index contributed by atoms with van der Waals surface area (Å²) in [6, 6.07) is 10.8. The molecule has 0 unspecified atom stereocenters. The first-order valence-electron chi connectivity index (χ1n) is 7.70. The van der Waals surface area contributed by atoms with Crippen LogP contribution in [0.25, 0.3) is 5.69 Å². The second kappa shape index (κ2) is 8.12. The summed E-state index contributed by atoms with van der Waals surface area (Å²) in [5.41, 5.74) is 2.61. The molecule has 0 aliphatic carbocycles. The molecule has 134 valence electrons. The smallest absolute Gasteiger partial charge is 0.321 e. The molecule has 0 atom stereocenters. The molecule has 0 bridgehead atoms. The Balaban J connectivity index is 1.68. The van der Waals surface area contributed by atoms with Crippen LogP contribution in [0.2, 0.25) is 10.0 Å². The second-order valence-corrected chi connectivity index (χ2v) is 7.38. The minimum Gasteiger partial charge on any atom is -0.426 e. The van der Waals surface area contributed by atoms with Gasteiger partial charge < -0.3 is 4.74 Å². The number of thioether (sulfide) groups is 1. The molecule has 0 radical (unpaired) electrons. The summed E-state index contributed by atoms with van der Waals surface area (Å²) >= 11 is 13.3. The standard InChI is InChI=1S/C18H15Cl2N3O2S/c1-11-3-5-14(8-15(11)20)23-10-21-22-18(23)26-9-17(24)25-16-6-4-13(19)7-12(16)2/h3-8,10H,9H2,1-2H3. The zero-order valence-electron chi connectivity index (χ0n) is 14.1. The molecule has 0 saturated heterocycles. The fourth-order valence-electron chi connectivity index (χ4n) is 2.23. The van der Waals surface area contributed by atoms with Crippen LogP contribution >= 0.6 is 35.0 Å². The molecular formula is C18H15Cl2N3O2S. The molecule has 0 saturated carbocycles. The van der Waals surface area contributed by atoms with Gasteiger partial charge in [-0.25, -0.2) is 0 Å². The number of rotatable bonds is 5. The van der Waals surface area contributed by atoms with E-state index in [2.05, 4.69) is 10.2 Å². The van der Waals surface area contributed by atoms with Gasteiger partial charge in [-0.3, -0.25) is 9.36 Å². The van der Waals surface area contributed by atoms with Gasteiger partial charge in [0.2, 0.25) is 0 Å². The molecule has 0 amide bonds. The van der Waals surface area contributed by atoms with Gasteiger partial charge in [0.15, 0.2) is 5.16 Å². The molecule has 1 heterocycles. The van der Waals surface area contributed by atoms with E-state index in [1.54, 1.807) is 29.1 Å². The van der Waals surface area contributed by atoms with Crippen LogP contribution in [-0.4, -0.2) is 26.5 Å². The van der Waals surface area contributed by atoms with Crippen LogP contribution in [0.15, 0.2) is 47.9 Å². The van der Waals surface area contributed by atoms with Gasteiger partial charge in [0.05, 0.1) is 11.4 Å². The Morgan fingerprint density at radius 3 is 2.69 bits per heavy atom. The molecule has 1 aromatic heterocycles. The first-order chi connectivity index (χ1) is 12.4. The number of carbonyl (C=O) groups is 1. The minimum absolute atomic E-state index is 0.0976. The molecule has 0 spiro atoms. The third kappa shape index (κ3) is 4.38. The summed E-state index contributed by atoms with van der Waals surface area (Å²) < 4.78 is 7.16. The van der Waals surface area contributed by atoms with Gasteiger partial charge in [-0.05, 0) is 55.3 Å². The van der Waals surface area contributed by atoms with Crippen molar-refractivity contribution in [3.63, 3.8) is 0 Å². The summed E-state index contributed by atoms with van der Waals surface area (Å²) in [4.78, 5) is 12.1. The first kappa shape index (κ1) is 18.8. The summed E-state index contributed by atoms with van der Waals surface area (Å²) in [6.45, 7) is 3.77. The number of benzene rings is 2. The average molecular weight is 408 g/mol. The topological polar surface area (TPSA) is 57.0 Å². The molecule has 3 rings (SSSR count). The number of nitrogens with zero attached hydrogens (tertiary/aromatic N) is 3. The maximum atomic E-state index is 12.1.